The lowest BCUT2D eigenvalue weighted by Crippen LogP contribution is -1.86. The molecule has 0 aromatic rings. The monoisotopic (exact) mass is 119 g/mol. The molecule has 0 radical (unpaired) electrons. The molecular weight excluding hydrogens is 117 g/mol. The van der Waals surface area contributed by atoms with Crippen molar-refractivity contribution in [2.45, 2.75) is 0 Å². The van der Waals surface area contributed by atoms with Gasteiger partial charge in [-0.25, -0.2) is 0 Å². The number of rotatable bonds is 1. The number of halogens is 1. The lowest BCUT2D eigenvalue weighted by Gasteiger charge is -1.75. The Balaban J connectivity index is 3.81. The third kappa shape index (κ3) is 2.05. The molecule has 0 aliphatic heterocycles. The van der Waals surface area contributed by atoms with E-state index in [1.165, 1.54) is 0 Å². The molecule has 7 heavy (non-hydrogen) atoms. The molecular formula is C3H2ClNO2. The largest absolute Gasteiger partial charge is 0.327 e. The summed E-state index contributed by atoms with van der Waals surface area (Å²) >= 11 is 4.89. The lowest BCUT2D eigenvalue weighted by atomic mass is 10.6. The Bertz CT molecular complexity index is 120. The van der Waals surface area contributed by atoms with Crippen molar-refractivity contribution >= 4 is 17.5 Å². The predicted molar refractivity (Wildman–Crippen MR) is 25.8 cm³/mol. The van der Waals surface area contributed by atoms with E-state index in [0.717, 1.165) is 0 Å². The van der Waals surface area contributed by atoms with Gasteiger partial charge >= 0.3 is 5.91 Å². The molecule has 0 aromatic carbocycles. The van der Waals surface area contributed by atoms with Crippen molar-refractivity contribution in [3.05, 3.63) is 16.5 Å². The normalized spacial score (nSPS) is 7.57. The van der Waals surface area contributed by atoms with Crippen LogP contribution < -0.4 is 0 Å². The minimum absolute atomic E-state index is 0.352. The quantitative estimate of drug-likeness (QED) is 0.382. The van der Waals surface area contributed by atoms with E-state index in [1.807, 2.05) is 5.18 Å². The molecule has 0 aliphatic carbocycles. The highest BCUT2D eigenvalue weighted by Crippen LogP contribution is 1.96. The third-order valence-electron chi connectivity index (χ3n) is 0.315. The third-order valence-corrected chi connectivity index (χ3v) is 0.477. The second kappa shape index (κ2) is 2.47. The number of nitrogens with zero attached hydrogens (tertiary/aromatic N) is 1. The van der Waals surface area contributed by atoms with Gasteiger partial charge in [-0.05, 0) is 0 Å². The van der Waals surface area contributed by atoms with Crippen LogP contribution in [-0.4, -0.2) is 5.91 Å². The average Bonchev–Trinajstić information content (AvgIpc) is 1.65. The minimum atomic E-state index is -1.01. The molecule has 0 fully saturated rings. The van der Waals surface area contributed by atoms with E-state index < -0.39 is 5.91 Å². The zero-order valence-corrected chi connectivity index (χ0v) is 4.10. The highest BCUT2D eigenvalue weighted by Gasteiger charge is 1.99. The molecule has 0 rings (SSSR count). The van der Waals surface area contributed by atoms with Gasteiger partial charge in [0.1, 0.15) is 5.03 Å². The zero-order chi connectivity index (χ0) is 5.86. The Labute approximate surface area is 44.9 Å². The molecule has 0 unspecified atom stereocenters. The zero-order valence-electron chi connectivity index (χ0n) is 3.35. The van der Waals surface area contributed by atoms with Crippen LogP contribution in [0.4, 0.5) is 0 Å². The summed E-state index contributed by atoms with van der Waals surface area (Å²) in [5, 5.41) is 1.62. The van der Waals surface area contributed by atoms with E-state index in [9.17, 15) is 9.70 Å². The lowest BCUT2D eigenvalue weighted by molar-refractivity contribution is -0.113. The highest BCUT2D eigenvalue weighted by atomic mass is 35.5. The first-order valence-electron chi connectivity index (χ1n) is 1.40. The highest BCUT2D eigenvalue weighted by molar-refractivity contribution is 6.41. The maximum atomic E-state index is 9.80. The molecule has 0 bridgehead atoms. The Morgan fingerprint density at radius 3 is 2.14 bits per heavy atom. The van der Waals surface area contributed by atoms with Gasteiger partial charge < -0.3 is 0 Å². The first-order valence-corrected chi connectivity index (χ1v) is 1.78. The van der Waals surface area contributed by atoms with Crippen LogP contribution in [0.2, 0.25) is 0 Å². The van der Waals surface area contributed by atoms with E-state index >= 15 is 0 Å². The summed E-state index contributed by atoms with van der Waals surface area (Å²) < 4.78 is 0. The molecule has 4 heteroatoms. The molecule has 0 aromatic heterocycles. The van der Waals surface area contributed by atoms with Gasteiger partial charge in [0.15, 0.2) is 0 Å². The Morgan fingerprint density at radius 2 is 2.14 bits per heavy atom. The van der Waals surface area contributed by atoms with Crippen molar-refractivity contribution < 1.29 is 4.79 Å². The van der Waals surface area contributed by atoms with Crippen LogP contribution in [0.3, 0.4) is 0 Å². The summed E-state index contributed by atoms with van der Waals surface area (Å²) in [4.78, 5) is 19.0. The number of hydrogen-bond acceptors (Lipinski definition) is 2. The number of amides is 1. The summed E-state index contributed by atoms with van der Waals surface area (Å²) in [6.07, 6.45) is 0. The summed E-state index contributed by atoms with van der Waals surface area (Å²) in [5.74, 6) is -1.01. The van der Waals surface area contributed by atoms with Gasteiger partial charge in [0.25, 0.3) is 0 Å². The minimum Gasteiger partial charge on any atom is -0.262 e. The number of nitroso groups, excluding NO2 is 1. The fourth-order valence-electron chi connectivity index (χ4n) is 0.0495. The molecule has 38 valence electrons. The Kier molecular flexibility index (Phi) is 2.22. The molecule has 0 N–H and O–H groups in total. The fraction of sp³-hybridized carbons (Fsp3) is 0. The van der Waals surface area contributed by atoms with E-state index in [1.54, 1.807) is 0 Å². The van der Waals surface area contributed by atoms with Crippen LogP contribution in [0, 0.1) is 4.91 Å². The second-order valence-electron chi connectivity index (χ2n) is 0.801. The Morgan fingerprint density at radius 1 is 1.71 bits per heavy atom. The van der Waals surface area contributed by atoms with Crippen molar-refractivity contribution in [3.63, 3.8) is 0 Å². The topological polar surface area (TPSA) is 46.5 Å². The first kappa shape index (κ1) is 6.30. The number of hydrogen-bond donors (Lipinski definition) is 0. The van der Waals surface area contributed by atoms with Crippen molar-refractivity contribution in [1.82, 2.24) is 0 Å². The maximum absolute atomic E-state index is 9.80. The van der Waals surface area contributed by atoms with Gasteiger partial charge in [0.05, 0.1) is 0 Å². The van der Waals surface area contributed by atoms with Crippen molar-refractivity contribution in [2.24, 2.45) is 5.18 Å². The molecule has 0 saturated carbocycles. The van der Waals surface area contributed by atoms with Gasteiger partial charge in [0, 0.05) is 5.18 Å². The van der Waals surface area contributed by atoms with Crippen LogP contribution in [0.5, 0.6) is 0 Å². The smallest absolute Gasteiger partial charge is 0.262 e. The van der Waals surface area contributed by atoms with Gasteiger partial charge in [-0.15, -0.1) is 4.91 Å². The number of carbonyl (C=O) groups excluding carboxylic acids is 1. The number of carbonyl (C=O) groups is 1. The van der Waals surface area contributed by atoms with Crippen LogP contribution in [-0.2, 0) is 4.79 Å². The average molecular weight is 120 g/mol. The van der Waals surface area contributed by atoms with Crippen molar-refractivity contribution in [2.75, 3.05) is 0 Å². The summed E-state index contributed by atoms with van der Waals surface area (Å²) in [5.41, 5.74) is 0. The van der Waals surface area contributed by atoms with Crippen LogP contribution in [0.15, 0.2) is 16.8 Å². The van der Waals surface area contributed by atoms with Crippen LogP contribution in [0.25, 0.3) is 0 Å². The van der Waals surface area contributed by atoms with Crippen LogP contribution in [0.1, 0.15) is 0 Å². The van der Waals surface area contributed by atoms with E-state index in [0.29, 0.717) is 0 Å². The van der Waals surface area contributed by atoms with E-state index in [2.05, 4.69) is 6.58 Å². The van der Waals surface area contributed by atoms with Crippen molar-refractivity contribution in [3.8, 4) is 0 Å². The van der Waals surface area contributed by atoms with E-state index in [-0.39, 0.29) is 5.03 Å². The second-order valence-corrected chi connectivity index (χ2v) is 1.26. The summed E-state index contributed by atoms with van der Waals surface area (Å²) in [7, 11) is 0. The first-order chi connectivity index (χ1) is 3.18. The van der Waals surface area contributed by atoms with Crippen LogP contribution >= 0.6 is 11.6 Å². The van der Waals surface area contributed by atoms with Gasteiger partial charge in [0.2, 0.25) is 0 Å². The summed E-state index contributed by atoms with van der Waals surface area (Å²) in [6, 6.07) is 0. The molecule has 1 amide bonds. The van der Waals surface area contributed by atoms with Gasteiger partial charge in [-0.2, -0.15) is 0 Å². The molecule has 0 atom stereocenters. The standard InChI is InChI=1S/C3H2ClNO2/c1-2(4)3(6)5-7/h1H2. The summed E-state index contributed by atoms with van der Waals surface area (Å²) in [6.45, 7) is 2.95. The molecule has 0 aliphatic rings. The molecule has 3 nitrogen and oxygen atoms in total. The fourth-order valence-corrected chi connectivity index (χ4v) is 0.0840. The Hall–Kier alpha value is -0.700. The van der Waals surface area contributed by atoms with Gasteiger partial charge in [-0.1, -0.05) is 18.2 Å². The van der Waals surface area contributed by atoms with Crippen molar-refractivity contribution in [1.29, 1.82) is 0 Å². The van der Waals surface area contributed by atoms with Gasteiger partial charge in [-0.3, -0.25) is 4.79 Å². The molecule has 0 heterocycles. The molecule has 0 spiro atoms. The predicted octanol–water partition coefficient (Wildman–Crippen LogP) is 1.03. The van der Waals surface area contributed by atoms with E-state index in [4.69, 9.17) is 11.6 Å². The molecule has 0 saturated heterocycles. The SMILES string of the molecule is C=C(Cl)C(=O)N=O. The maximum Gasteiger partial charge on any atom is 0.327 e.